The zero-order valence-corrected chi connectivity index (χ0v) is 18.2. The van der Waals surface area contributed by atoms with E-state index in [2.05, 4.69) is 46.7 Å². The summed E-state index contributed by atoms with van der Waals surface area (Å²) in [4.78, 5) is 20.2. The number of aryl methyl sites for hydroxylation is 2. The van der Waals surface area contributed by atoms with Crippen LogP contribution in [0.5, 0.6) is 0 Å². The molecule has 6 rings (SSSR count). The Balaban J connectivity index is 1.26. The van der Waals surface area contributed by atoms with Gasteiger partial charge in [-0.1, -0.05) is 54.6 Å². The number of nitrogens with zero attached hydrogens (tertiary/aromatic N) is 2. The molecular weight excluding hydrogens is 402 g/mol. The van der Waals surface area contributed by atoms with E-state index in [0.717, 1.165) is 35.0 Å². The normalized spacial score (nSPS) is 20.0. The van der Waals surface area contributed by atoms with E-state index in [0.29, 0.717) is 18.6 Å². The maximum atomic E-state index is 13.3. The molecule has 31 heavy (non-hydrogen) atoms. The van der Waals surface area contributed by atoms with Crippen molar-refractivity contribution in [2.24, 2.45) is 0 Å². The summed E-state index contributed by atoms with van der Waals surface area (Å²) in [5, 5.41) is 4.77. The van der Waals surface area contributed by atoms with Crippen LogP contribution in [0.15, 0.2) is 65.7 Å². The lowest BCUT2D eigenvalue weighted by molar-refractivity contribution is 0.400. The topological polar surface area (TPSA) is 46.9 Å². The van der Waals surface area contributed by atoms with E-state index in [9.17, 15) is 4.79 Å². The first kappa shape index (κ1) is 19.0. The molecule has 0 saturated carbocycles. The second-order valence-electron chi connectivity index (χ2n) is 8.74. The summed E-state index contributed by atoms with van der Waals surface area (Å²) < 4.78 is 1.75. The van der Waals surface area contributed by atoms with Crippen LogP contribution in [0.3, 0.4) is 0 Å². The van der Waals surface area contributed by atoms with Crippen molar-refractivity contribution < 1.29 is 0 Å². The van der Waals surface area contributed by atoms with Crippen molar-refractivity contribution in [3.8, 4) is 0 Å². The van der Waals surface area contributed by atoms with Crippen molar-refractivity contribution >= 4 is 21.6 Å². The van der Waals surface area contributed by atoms with Crippen molar-refractivity contribution in [3.63, 3.8) is 0 Å². The molecule has 5 heteroatoms. The van der Waals surface area contributed by atoms with Gasteiger partial charge in [0.15, 0.2) is 0 Å². The number of rotatable bonds is 4. The third kappa shape index (κ3) is 3.42. The summed E-state index contributed by atoms with van der Waals surface area (Å²) in [6.45, 7) is 0.568. The molecular formula is C26H25N3OS. The lowest BCUT2D eigenvalue weighted by atomic mass is 9.92. The van der Waals surface area contributed by atoms with Gasteiger partial charge in [-0.25, -0.2) is 4.98 Å². The van der Waals surface area contributed by atoms with E-state index in [4.69, 9.17) is 0 Å². The number of fused-ring (bicyclic) bond motifs is 4. The molecule has 0 saturated heterocycles. The molecule has 2 atom stereocenters. The highest BCUT2D eigenvalue weighted by molar-refractivity contribution is 7.18. The van der Waals surface area contributed by atoms with E-state index >= 15 is 0 Å². The Morgan fingerprint density at radius 2 is 1.87 bits per heavy atom. The molecule has 4 aromatic rings. The van der Waals surface area contributed by atoms with Crippen LogP contribution in [0.25, 0.3) is 10.2 Å². The Bertz CT molecular complexity index is 1310. The van der Waals surface area contributed by atoms with Gasteiger partial charge in [0.25, 0.3) is 5.56 Å². The summed E-state index contributed by atoms with van der Waals surface area (Å²) in [5.41, 5.74) is 5.42. The zero-order valence-electron chi connectivity index (χ0n) is 17.4. The van der Waals surface area contributed by atoms with Crippen LogP contribution in [-0.4, -0.2) is 15.6 Å². The van der Waals surface area contributed by atoms with Gasteiger partial charge in [-0.3, -0.25) is 9.36 Å². The largest absolute Gasteiger partial charge is 0.307 e. The Kier molecular flexibility index (Phi) is 4.73. The number of nitrogens with one attached hydrogen (secondary N) is 1. The monoisotopic (exact) mass is 427 g/mol. The fraction of sp³-hybridized carbons (Fsp3) is 0.308. The highest BCUT2D eigenvalue weighted by atomic mass is 32.1. The molecule has 0 bridgehead atoms. The summed E-state index contributed by atoms with van der Waals surface area (Å²) >= 11 is 1.71. The molecule has 0 amide bonds. The maximum Gasteiger partial charge on any atom is 0.262 e. The SMILES string of the molecule is O=c1c2c3c(sc2ncn1Cc1ccccc1)CC(NC1CCc2ccccc21)CC3. The molecule has 4 nitrogen and oxygen atoms in total. The molecule has 2 heterocycles. The number of hydrogen-bond acceptors (Lipinski definition) is 4. The summed E-state index contributed by atoms with van der Waals surface area (Å²) in [6.07, 6.45) is 7.08. The fourth-order valence-corrected chi connectivity index (χ4v) is 6.51. The summed E-state index contributed by atoms with van der Waals surface area (Å²) in [6, 6.07) is 19.9. The molecule has 0 spiro atoms. The van der Waals surface area contributed by atoms with Gasteiger partial charge < -0.3 is 5.32 Å². The van der Waals surface area contributed by atoms with Gasteiger partial charge in [0, 0.05) is 17.0 Å². The van der Waals surface area contributed by atoms with Crippen LogP contribution in [0, 0.1) is 0 Å². The van der Waals surface area contributed by atoms with Crippen LogP contribution in [0.4, 0.5) is 0 Å². The standard InChI is InChI=1S/C26H25N3OS/c30-26-24-21-12-11-19(28-22-13-10-18-8-4-5-9-20(18)22)14-23(21)31-25(24)27-16-29(26)15-17-6-2-1-3-7-17/h1-9,16,19,22,28H,10-15H2. The number of benzene rings is 2. The van der Waals surface area contributed by atoms with Gasteiger partial charge in [-0.05, 0) is 54.4 Å². The molecule has 0 aliphatic heterocycles. The third-order valence-electron chi connectivity index (χ3n) is 6.80. The lowest BCUT2D eigenvalue weighted by Gasteiger charge is -2.27. The first-order valence-corrected chi connectivity index (χ1v) is 12.0. The van der Waals surface area contributed by atoms with Gasteiger partial charge in [0.1, 0.15) is 4.83 Å². The average molecular weight is 428 g/mol. The van der Waals surface area contributed by atoms with E-state index in [1.807, 2.05) is 18.2 Å². The Labute approximate surface area is 185 Å². The molecule has 2 aliphatic carbocycles. The smallest absolute Gasteiger partial charge is 0.262 e. The fourth-order valence-electron chi connectivity index (χ4n) is 5.25. The van der Waals surface area contributed by atoms with E-state index in [1.54, 1.807) is 22.2 Å². The average Bonchev–Trinajstić information content (AvgIpc) is 3.38. The van der Waals surface area contributed by atoms with Crippen molar-refractivity contribution in [2.45, 2.75) is 50.7 Å². The lowest BCUT2D eigenvalue weighted by Crippen LogP contribution is -2.36. The number of thiophene rings is 1. The minimum atomic E-state index is 0.0995. The molecule has 2 unspecified atom stereocenters. The molecule has 2 aromatic heterocycles. The molecule has 0 fully saturated rings. The highest BCUT2D eigenvalue weighted by Crippen LogP contribution is 2.36. The molecule has 1 N–H and O–H groups in total. The number of hydrogen-bond donors (Lipinski definition) is 1. The Morgan fingerprint density at radius 1 is 1.03 bits per heavy atom. The zero-order chi connectivity index (χ0) is 20.8. The van der Waals surface area contributed by atoms with Crippen molar-refractivity contribution in [1.82, 2.24) is 14.9 Å². The highest BCUT2D eigenvalue weighted by Gasteiger charge is 2.29. The quantitative estimate of drug-likeness (QED) is 0.516. The second kappa shape index (κ2) is 7.74. The van der Waals surface area contributed by atoms with E-state index < -0.39 is 0 Å². The van der Waals surface area contributed by atoms with Gasteiger partial charge in [0.2, 0.25) is 0 Å². The predicted octanol–water partition coefficient (Wildman–Crippen LogP) is 4.64. The molecule has 2 aromatic carbocycles. The first-order valence-electron chi connectivity index (χ1n) is 11.1. The van der Waals surface area contributed by atoms with Crippen LogP contribution >= 0.6 is 11.3 Å². The van der Waals surface area contributed by atoms with Crippen molar-refractivity contribution in [2.75, 3.05) is 0 Å². The number of aromatic nitrogens is 2. The third-order valence-corrected chi connectivity index (χ3v) is 7.96. The minimum absolute atomic E-state index is 0.0995. The molecule has 2 aliphatic rings. The summed E-state index contributed by atoms with van der Waals surface area (Å²) in [7, 11) is 0. The second-order valence-corrected chi connectivity index (χ2v) is 9.83. The molecule has 156 valence electrons. The van der Waals surface area contributed by atoms with Crippen molar-refractivity contribution in [3.05, 3.63) is 98.4 Å². The predicted molar refractivity (Wildman–Crippen MR) is 126 cm³/mol. The Hall–Kier alpha value is -2.76. The van der Waals surface area contributed by atoms with Gasteiger partial charge in [-0.2, -0.15) is 0 Å². The van der Waals surface area contributed by atoms with Crippen LogP contribution in [-0.2, 0) is 25.8 Å². The van der Waals surface area contributed by atoms with Crippen molar-refractivity contribution in [1.29, 1.82) is 0 Å². The molecule has 0 radical (unpaired) electrons. The van der Waals surface area contributed by atoms with Crippen LogP contribution < -0.4 is 10.9 Å². The Morgan fingerprint density at radius 3 is 2.77 bits per heavy atom. The summed E-state index contributed by atoms with van der Waals surface area (Å²) in [5.74, 6) is 0. The first-order chi connectivity index (χ1) is 15.3. The van der Waals surface area contributed by atoms with Gasteiger partial charge in [-0.15, -0.1) is 11.3 Å². The van der Waals surface area contributed by atoms with E-state index in [-0.39, 0.29) is 5.56 Å². The van der Waals surface area contributed by atoms with E-state index in [1.165, 1.54) is 34.4 Å². The van der Waals surface area contributed by atoms with Gasteiger partial charge >= 0.3 is 0 Å². The maximum absolute atomic E-state index is 13.3. The van der Waals surface area contributed by atoms with Crippen LogP contribution in [0.1, 0.15) is 46.0 Å². The van der Waals surface area contributed by atoms with Gasteiger partial charge in [0.05, 0.1) is 18.3 Å². The van der Waals surface area contributed by atoms with Crippen LogP contribution in [0.2, 0.25) is 0 Å². The minimum Gasteiger partial charge on any atom is -0.307 e.